The first-order valence-corrected chi connectivity index (χ1v) is 16.7. The standard InChI is InChI=1S/C34H49Cl2N5O4/c1-25(34(2,3)4)22-41(23-37-5)33(42)45-24-44-31-14-12-26-11-13-27(21-29(26)38-31)43-20-7-6-15-39-16-18-40(19-17-39)30-10-8-9-28(35)32(30)36/h8-11,13,21,25,37H,6-7,12,14-20,22-24H2,1-5H3. The van der Waals surface area contributed by atoms with Gasteiger partial charge in [0, 0.05) is 45.2 Å². The van der Waals surface area contributed by atoms with E-state index < -0.39 is 6.09 Å². The van der Waals surface area contributed by atoms with Crippen molar-refractivity contribution >= 4 is 46.6 Å². The number of unbranched alkanes of at least 4 members (excludes halogenated alkanes) is 1. The summed E-state index contributed by atoms with van der Waals surface area (Å²) in [7, 11) is 1.81. The molecule has 0 bridgehead atoms. The number of ether oxygens (including phenoxy) is 3. The number of carbonyl (C=O) groups is 1. The van der Waals surface area contributed by atoms with Crippen LogP contribution in [0.1, 0.15) is 52.5 Å². The highest BCUT2D eigenvalue weighted by Gasteiger charge is 2.26. The van der Waals surface area contributed by atoms with Crippen LogP contribution in [0.4, 0.5) is 16.2 Å². The van der Waals surface area contributed by atoms with Gasteiger partial charge in [0.05, 0.1) is 34.7 Å². The highest BCUT2D eigenvalue weighted by molar-refractivity contribution is 6.43. The zero-order chi connectivity index (χ0) is 32.4. The third-order valence-corrected chi connectivity index (χ3v) is 9.49. The number of benzene rings is 2. The van der Waals surface area contributed by atoms with E-state index in [0.717, 1.165) is 74.7 Å². The molecule has 2 aliphatic rings. The molecule has 0 aliphatic carbocycles. The van der Waals surface area contributed by atoms with Crippen molar-refractivity contribution in [1.29, 1.82) is 0 Å². The highest BCUT2D eigenvalue weighted by atomic mass is 35.5. The molecule has 2 aromatic carbocycles. The quantitative estimate of drug-likeness (QED) is 0.179. The van der Waals surface area contributed by atoms with Crippen LogP contribution in [-0.2, 0) is 15.9 Å². The highest BCUT2D eigenvalue weighted by Crippen LogP contribution is 2.33. The van der Waals surface area contributed by atoms with E-state index >= 15 is 0 Å². The Bertz CT molecular complexity index is 1290. The van der Waals surface area contributed by atoms with E-state index in [4.69, 9.17) is 37.4 Å². The zero-order valence-electron chi connectivity index (χ0n) is 27.4. The van der Waals surface area contributed by atoms with Gasteiger partial charge in [0.25, 0.3) is 0 Å². The average Bonchev–Trinajstić information content (AvgIpc) is 3.01. The lowest BCUT2D eigenvalue weighted by Crippen LogP contribution is -2.46. The number of anilines is 1. The summed E-state index contributed by atoms with van der Waals surface area (Å²) in [5, 5.41) is 4.28. The molecular weight excluding hydrogens is 613 g/mol. The van der Waals surface area contributed by atoms with Gasteiger partial charge in [-0.3, -0.25) is 9.80 Å². The van der Waals surface area contributed by atoms with E-state index in [1.807, 2.05) is 37.4 Å². The molecule has 0 saturated carbocycles. The molecule has 248 valence electrons. The second-order valence-corrected chi connectivity index (χ2v) is 13.7. The molecule has 1 atom stereocenters. The van der Waals surface area contributed by atoms with Gasteiger partial charge in [-0.05, 0) is 68.0 Å². The number of piperazine rings is 1. The van der Waals surface area contributed by atoms with E-state index in [1.54, 1.807) is 4.90 Å². The number of hydrogen-bond acceptors (Lipinski definition) is 8. The Balaban J connectivity index is 1.16. The van der Waals surface area contributed by atoms with Crippen molar-refractivity contribution in [2.45, 2.75) is 53.4 Å². The zero-order valence-corrected chi connectivity index (χ0v) is 28.9. The van der Waals surface area contributed by atoms with Gasteiger partial charge in [0.15, 0.2) is 5.90 Å². The molecule has 0 aromatic heterocycles. The van der Waals surface area contributed by atoms with E-state index in [-0.39, 0.29) is 12.2 Å². The Hall–Kier alpha value is -2.72. The molecule has 4 rings (SSSR count). The van der Waals surface area contributed by atoms with Gasteiger partial charge in [0.1, 0.15) is 5.75 Å². The summed E-state index contributed by atoms with van der Waals surface area (Å²) in [6, 6.07) is 11.9. The SMILES string of the molecule is CNCN(CC(C)C(C)(C)C)C(=O)OCOC1=Nc2cc(OCCCCN3CCN(c4cccc(Cl)c4Cl)CC3)ccc2CC1. The maximum absolute atomic E-state index is 12.7. The number of fused-ring (bicyclic) bond motifs is 1. The maximum Gasteiger partial charge on any atom is 0.413 e. The fourth-order valence-electron chi connectivity index (χ4n) is 5.30. The first-order chi connectivity index (χ1) is 21.5. The smallest absolute Gasteiger partial charge is 0.413 e. The van der Waals surface area contributed by atoms with E-state index in [2.05, 4.69) is 53.9 Å². The van der Waals surface area contributed by atoms with Crippen molar-refractivity contribution in [2.75, 3.05) is 71.3 Å². The number of carbonyl (C=O) groups excluding carboxylic acids is 1. The summed E-state index contributed by atoms with van der Waals surface area (Å²) in [4.78, 5) is 23.9. The molecule has 2 heterocycles. The minimum atomic E-state index is -0.405. The topological polar surface area (TPSA) is 78.9 Å². The van der Waals surface area contributed by atoms with Crippen molar-refractivity contribution < 1.29 is 19.0 Å². The molecule has 1 unspecified atom stereocenters. The van der Waals surface area contributed by atoms with Crippen LogP contribution >= 0.6 is 23.2 Å². The molecule has 0 spiro atoms. The summed E-state index contributed by atoms with van der Waals surface area (Å²) < 4.78 is 17.3. The van der Waals surface area contributed by atoms with Crippen molar-refractivity contribution in [2.24, 2.45) is 16.3 Å². The van der Waals surface area contributed by atoms with E-state index in [0.29, 0.717) is 48.1 Å². The number of nitrogens with one attached hydrogen (secondary N) is 1. The summed E-state index contributed by atoms with van der Waals surface area (Å²) in [5.74, 6) is 1.67. The van der Waals surface area contributed by atoms with E-state index in [9.17, 15) is 4.79 Å². The summed E-state index contributed by atoms with van der Waals surface area (Å²) in [6.07, 6.45) is 3.11. The number of rotatable bonds is 13. The van der Waals surface area contributed by atoms with Gasteiger partial charge < -0.3 is 24.4 Å². The predicted molar refractivity (Wildman–Crippen MR) is 183 cm³/mol. The Morgan fingerprint density at radius 2 is 1.84 bits per heavy atom. The van der Waals surface area contributed by atoms with Crippen LogP contribution in [0.25, 0.3) is 0 Å². The normalized spacial score (nSPS) is 16.1. The van der Waals surface area contributed by atoms with Crippen LogP contribution in [0.5, 0.6) is 5.75 Å². The minimum absolute atomic E-state index is 0.0842. The molecule has 11 heteroatoms. The Kier molecular flexibility index (Phi) is 13.1. The lowest BCUT2D eigenvalue weighted by atomic mass is 9.82. The Labute approximate surface area is 278 Å². The number of amides is 1. The van der Waals surface area contributed by atoms with Crippen LogP contribution in [0.2, 0.25) is 10.0 Å². The second-order valence-electron chi connectivity index (χ2n) is 12.9. The van der Waals surface area contributed by atoms with Crippen LogP contribution in [0.3, 0.4) is 0 Å². The molecule has 0 radical (unpaired) electrons. The average molecular weight is 663 g/mol. The first kappa shape index (κ1) is 35.1. The molecule has 1 saturated heterocycles. The molecule has 2 aliphatic heterocycles. The number of aryl methyl sites for hydroxylation is 1. The number of aliphatic imine (C=N–C) groups is 1. The number of hydrogen-bond donors (Lipinski definition) is 1. The van der Waals surface area contributed by atoms with Crippen LogP contribution in [0, 0.1) is 11.3 Å². The Morgan fingerprint density at radius 1 is 1.07 bits per heavy atom. The Morgan fingerprint density at radius 3 is 2.58 bits per heavy atom. The number of halogens is 2. The van der Waals surface area contributed by atoms with Gasteiger partial charge in [-0.2, -0.15) is 0 Å². The molecule has 1 amide bonds. The molecule has 2 aromatic rings. The minimum Gasteiger partial charge on any atom is -0.494 e. The summed E-state index contributed by atoms with van der Waals surface area (Å²) >= 11 is 12.6. The van der Waals surface area contributed by atoms with Crippen LogP contribution in [-0.4, -0.2) is 88.2 Å². The van der Waals surface area contributed by atoms with Gasteiger partial charge in [0.2, 0.25) is 6.79 Å². The molecule has 1 fully saturated rings. The second kappa shape index (κ2) is 16.7. The van der Waals surface area contributed by atoms with E-state index in [1.165, 1.54) is 0 Å². The van der Waals surface area contributed by atoms with Crippen LogP contribution in [0.15, 0.2) is 41.4 Å². The van der Waals surface area contributed by atoms with Crippen molar-refractivity contribution in [1.82, 2.24) is 15.1 Å². The van der Waals surface area contributed by atoms with Gasteiger partial charge in [-0.25, -0.2) is 9.79 Å². The lowest BCUT2D eigenvalue weighted by Gasteiger charge is -2.36. The molecule has 9 nitrogen and oxygen atoms in total. The number of nitrogens with zero attached hydrogens (tertiary/aromatic N) is 4. The fourth-order valence-corrected chi connectivity index (χ4v) is 5.71. The van der Waals surface area contributed by atoms with Crippen molar-refractivity contribution in [3.05, 3.63) is 52.0 Å². The molecule has 1 N–H and O–H groups in total. The fraction of sp³-hybridized carbons (Fsp3) is 0.588. The van der Waals surface area contributed by atoms with Gasteiger partial charge >= 0.3 is 6.09 Å². The third kappa shape index (κ3) is 10.4. The van der Waals surface area contributed by atoms with Gasteiger partial charge in [-0.1, -0.05) is 63.0 Å². The van der Waals surface area contributed by atoms with Crippen molar-refractivity contribution in [3.8, 4) is 5.75 Å². The summed E-state index contributed by atoms with van der Waals surface area (Å²) in [6.45, 7) is 15.1. The maximum atomic E-state index is 12.7. The largest absolute Gasteiger partial charge is 0.494 e. The third-order valence-electron chi connectivity index (χ3n) is 8.68. The monoisotopic (exact) mass is 661 g/mol. The molecule has 45 heavy (non-hydrogen) atoms. The predicted octanol–water partition coefficient (Wildman–Crippen LogP) is 7.22. The van der Waals surface area contributed by atoms with Crippen molar-refractivity contribution in [3.63, 3.8) is 0 Å². The van der Waals surface area contributed by atoms with Gasteiger partial charge in [-0.15, -0.1) is 0 Å². The summed E-state index contributed by atoms with van der Waals surface area (Å²) in [5.41, 5.74) is 3.10. The first-order valence-electron chi connectivity index (χ1n) is 16.0. The molecular formula is C34H49Cl2N5O4. The van der Waals surface area contributed by atoms with Crippen LogP contribution < -0.4 is 15.0 Å². The lowest BCUT2D eigenvalue weighted by molar-refractivity contribution is 0.0208.